The number of hydrogen-bond acceptors (Lipinski definition) is 5. The maximum atomic E-state index is 10.9. The van der Waals surface area contributed by atoms with Gasteiger partial charge in [0.15, 0.2) is 0 Å². The third-order valence-corrected chi connectivity index (χ3v) is 3.70. The van der Waals surface area contributed by atoms with Crippen LogP contribution in [0.2, 0.25) is 0 Å². The second-order valence-electron chi connectivity index (χ2n) is 3.87. The SMILES string of the molecule is CC(CO)Sc1ccc([N+](=O)[O-])c2ccncc12. The number of nitro groups is 1. The van der Waals surface area contributed by atoms with Crippen LogP contribution in [0, 0.1) is 10.1 Å². The summed E-state index contributed by atoms with van der Waals surface area (Å²) in [5, 5.41) is 21.4. The van der Waals surface area contributed by atoms with Gasteiger partial charge in [-0.05, 0) is 12.1 Å². The molecule has 0 aliphatic carbocycles. The van der Waals surface area contributed by atoms with Crippen LogP contribution < -0.4 is 0 Å². The number of aliphatic hydroxyl groups excluding tert-OH is 1. The molecular formula is C12H12N2O3S. The van der Waals surface area contributed by atoms with Gasteiger partial charge in [0.05, 0.1) is 16.9 Å². The molecule has 1 unspecified atom stereocenters. The summed E-state index contributed by atoms with van der Waals surface area (Å²) in [7, 11) is 0. The van der Waals surface area contributed by atoms with Crippen molar-refractivity contribution in [2.45, 2.75) is 17.1 Å². The van der Waals surface area contributed by atoms with Crippen molar-refractivity contribution in [1.29, 1.82) is 0 Å². The highest BCUT2D eigenvalue weighted by atomic mass is 32.2. The van der Waals surface area contributed by atoms with Crippen LogP contribution in [0.15, 0.2) is 35.5 Å². The lowest BCUT2D eigenvalue weighted by atomic mass is 10.1. The van der Waals surface area contributed by atoms with E-state index in [1.165, 1.54) is 17.8 Å². The van der Waals surface area contributed by atoms with Gasteiger partial charge >= 0.3 is 0 Å². The largest absolute Gasteiger partial charge is 0.395 e. The molecule has 0 spiro atoms. The maximum Gasteiger partial charge on any atom is 0.277 e. The van der Waals surface area contributed by atoms with E-state index in [-0.39, 0.29) is 17.5 Å². The number of fused-ring (bicyclic) bond motifs is 1. The summed E-state index contributed by atoms with van der Waals surface area (Å²) in [5.41, 5.74) is 0.0772. The van der Waals surface area contributed by atoms with Crippen LogP contribution >= 0.6 is 11.8 Å². The van der Waals surface area contributed by atoms with E-state index in [2.05, 4.69) is 4.98 Å². The Hall–Kier alpha value is -1.66. The molecule has 0 saturated heterocycles. The molecule has 1 atom stereocenters. The Morgan fingerprint density at radius 2 is 2.22 bits per heavy atom. The first kappa shape index (κ1) is 12.8. The molecule has 2 aromatic rings. The number of pyridine rings is 1. The number of non-ortho nitro benzene ring substituents is 1. The predicted octanol–water partition coefficient (Wildman–Crippen LogP) is 2.62. The highest BCUT2D eigenvalue weighted by molar-refractivity contribution is 8.00. The highest BCUT2D eigenvalue weighted by Gasteiger charge is 2.15. The highest BCUT2D eigenvalue weighted by Crippen LogP contribution is 2.34. The van der Waals surface area contributed by atoms with Crippen LogP contribution in [-0.4, -0.2) is 26.9 Å². The number of rotatable bonds is 4. The van der Waals surface area contributed by atoms with Gasteiger partial charge in [0.2, 0.25) is 0 Å². The smallest absolute Gasteiger partial charge is 0.277 e. The lowest BCUT2D eigenvalue weighted by Crippen LogP contribution is -2.01. The molecule has 0 fully saturated rings. The normalized spacial score (nSPS) is 12.6. The van der Waals surface area contributed by atoms with Crippen molar-refractivity contribution in [2.24, 2.45) is 0 Å². The Labute approximate surface area is 108 Å². The molecule has 0 amide bonds. The summed E-state index contributed by atoms with van der Waals surface area (Å²) in [6.45, 7) is 1.96. The number of hydrogen-bond donors (Lipinski definition) is 1. The number of nitrogens with zero attached hydrogens (tertiary/aromatic N) is 2. The summed E-state index contributed by atoms with van der Waals surface area (Å²) in [6, 6.07) is 4.84. The van der Waals surface area contributed by atoms with Crippen molar-refractivity contribution >= 4 is 28.2 Å². The zero-order valence-electron chi connectivity index (χ0n) is 9.74. The van der Waals surface area contributed by atoms with E-state index >= 15 is 0 Å². The fourth-order valence-corrected chi connectivity index (χ4v) is 2.61. The molecule has 2 rings (SSSR count). The molecule has 94 valence electrons. The Balaban J connectivity index is 2.57. The van der Waals surface area contributed by atoms with Gasteiger partial charge in [-0.1, -0.05) is 6.92 Å². The number of aliphatic hydroxyl groups is 1. The van der Waals surface area contributed by atoms with E-state index in [1.807, 2.05) is 6.92 Å². The van der Waals surface area contributed by atoms with E-state index in [0.29, 0.717) is 5.39 Å². The van der Waals surface area contributed by atoms with Crippen molar-refractivity contribution in [3.8, 4) is 0 Å². The Morgan fingerprint density at radius 3 is 2.89 bits per heavy atom. The van der Waals surface area contributed by atoms with Gasteiger partial charge < -0.3 is 5.11 Å². The minimum absolute atomic E-state index is 0.0369. The monoisotopic (exact) mass is 264 g/mol. The van der Waals surface area contributed by atoms with Crippen LogP contribution in [0.1, 0.15) is 6.92 Å². The van der Waals surface area contributed by atoms with E-state index in [0.717, 1.165) is 10.3 Å². The predicted molar refractivity (Wildman–Crippen MR) is 70.8 cm³/mol. The first-order valence-electron chi connectivity index (χ1n) is 5.42. The Kier molecular flexibility index (Phi) is 3.78. The summed E-state index contributed by atoms with van der Waals surface area (Å²) in [6.07, 6.45) is 3.16. The van der Waals surface area contributed by atoms with E-state index < -0.39 is 4.92 Å². The van der Waals surface area contributed by atoms with Crippen LogP contribution in [0.25, 0.3) is 10.8 Å². The van der Waals surface area contributed by atoms with Crippen molar-refractivity contribution in [1.82, 2.24) is 4.98 Å². The molecule has 0 radical (unpaired) electrons. The molecule has 5 nitrogen and oxygen atoms in total. The molecule has 6 heteroatoms. The fourth-order valence-electron chi connectivity index (χ4n) is 1.66. The van der Waals surface area contributed by atoms with Gasteiger partial charge in [0, 0.05) is 34.0 Å². The lowest BCUT2D eigenvalue weighted by Gasteiger charge is -2.10. The van der Waals surface area contributed by atoms with Crippen molar-refractivity contribution in [2.75, 3.05) is 6.61 Å². The summed E-state index contributed by atoms with van der Waals surface area (Å²) in [5.74, 6) is 0. The third kappa shape index (κ3) is 2.44. The summed E-state index contributed by atoms with van der Waals surface area (Å²) >= 11 is 1.48. The second kappa shape index (κ2) is 5.32. The molecule has 0 bridgehead atoms. The molecule has 0 aliphatic heterocycles. The minimum atomic E-state index is -0.397. The van der Waals surface area contributed by atoms with Gasteiger partial charge in [-0.15, -0.1) is 11.8 Å². The van der Waals surface area contributed by atoms with Crippen molar-refractivity contribution < 1.29 is 10.0 Å². The van der Waals surface area contributed by atoms with E-state index in [4.69, 9.17) is 5.11 Å². The molecule has 18 heavy (non-hydrogen) atoms. The Bertz CT molecular complexity index is 589. The number of aromatic nitrogens is 1. The van der Waals surface area contributed by atoms with Gasteiger partial charge in [-0.3, -0.25) is 15.1 Å². The maximum absolute atomic E-state index is 10.9. The second-order valence-corrected chi connectivity index (χ2v) is 5.35. The average Bonchev–Trinajstić information content (AvgIpc) is 2.38. The van der Waals surface area contributed by atoms with Gasteiger partial charge in [-0.25, -0.2) is 0 Å². The van der Waals surface area contributed by atoms with Crippen molar-refractivity contribution in [3.05, 3.63) is 40.7 Å². The van der Waals surface area contributed by atoms with Crippen LogP contribution in [0.3, 0.4) is 0 Å². The lowest BCUT2D eigenvalue weighted by molar-refractivity contribution is -0.383. The van der Waals surface area contributed by atoms with Gasteiger partial charge in [0.25, 0.3) is 5.69 Å². The first-order valence-corrected chi connectivity index (χ1v) is 6.30. The van der Waals surface area contributed by atoms with E-state index in [9.17, 15) is 10.1 Å². The van der Waals surface area contributed by atoms with Crippen LogP contribution in [0.4, 0.5) is 5.69 Å². The van der Waals surface area contributed by atoms with Crippen molar-refractivity contribution in [3.63, 3.8) is 0 Å². The van der Waals surface area contributed by atoms with Crippen LogP contribution in [0.5, 0.6) is 0 Å². The van der Waals surface area contributed by atoms with Gasteiger partial charge in [0.1, 0.15) is 0 Å². The first-order chi connectivity index (χ1) is 8.63. The topological polar surface area (TPSA) is 76.3 Å². The zero-order chi connectivity index (χ0) is 13.1. The Morgan fingerprint density at radius 1 is 1.44 bits per heavy atom. The zero-order valence-corrected chi connectivity index (χ0v) is 10.6. The molecule has 0 aliphatic rings. The molecule has 1 heterocycles. The van der Waals surface area contributed by atoms with Gasteiger partial charge in [-0.2, -0.15) is 0 Å². The number of nitro benzene ring substituents is 1. The molecule has 1 aromatic carbocycles. The number of thioether (sulfide) groups is 1. The molecular weight excluding hydrogens is 252 g/mol. The fraction of sp³-hybridized carbons (Fsp3) is 0.250. The minimum Gasteiger partial charge on any atom is -0.395 e. The van der Waals surface area contributed by atoms with Crippen LogP contribution in [-0.2, 0) is 0 Å². The van der Waals surface area contributed by atoms with E-state index in [1.54, 1.807) is 24.5 Å². The molecule has 1 N–H and O–H groups in total. The molecule has 1 aromatic heterocycles. The standard InChI is InChI=1S/C12H12N2O3S/c1-8(7-15)18-12-3-2-11(14(16)17)9-4-5-13-6-10(9)12/h2-6,8,15H,7H2,1H3. The summed E-state index contributed by atoms with van der Waals surface area (Å²) < 4.78 is 0. The number of benzene rings is 1. The average molecular weight is 264 g/mol. The molecule has 0 saturated carbocycles. The quantitative estimate of drug-likeness (QED) is 0.522. The summed E-state index contributed by atoms with van der Waals surface area (Å²) in [4.78, 5) is 15.4. The third-order valence-electron chi connectivity index (χ3n) is 2.54.